The van der Waals surface area contributed by atoms with Gasteiger partial charge in [0.25, 0.3) is 0 Å². The monoisotopic (exact) mass is 433 g/mol. The maximum atomic E-state index is 14.9. The van der Waals surface area contributed by atoms with Gasteiger partial charge in [-0.15, -0.1) is 0 Å². The van der Waals surface area contributed by atoms with E-state index in [-0.39, 0.29) is 12.5 Å². The molecular formula is C24H24FN5O2. The third kappa shape index (κ3) is 3.46. The summed E-state index contributed by atoms with van der Waals surface area (Å²) in [5.41, 5.74) is 2.30. The number of ether oxygens (including phenoxy) is 1. The summed E-state index contributed by atoms with van der Waals surface area (Å²) in [6.07, 6.45) is 2.78. The molecule has 1 saturated heterocycles. The number of carbonyl (C=O) groups is 1. The number of para-hydroxylation sites is 2. The highest BCUT2D eigenvalue weighted by Crippen LogP contribution is 2.36. The second-order valence-electron chi connectivity index (χ2n) is 7.78. The molecule has 0 aliphatic carbocycles. The van der Waals surface area contributed by atoms with Crippen LogP contribution < -0.4 is 5.32 Å². The van der Waals surface area contributed by atoms with Crippen LogP contribution in [-0.4, -0.2) is 44.9 Å². The molecule has 1 aliphatic heterocycles. The Balaban J connectivity index is 1.83. The van der Waals surface area contributed by atoms with Gasteiger partial charge in [-0.05, 0) is 57.1 Å². The predicted octanol–water partition coefficient (Wildman–Crippen LogP) is 4.50. The highest BCUT2D eigenvalue weighted by atomic mass is 19.1. The number of benzene rings is 2. The predicted molar refractivity (Wildman–Crippen MR) is 120 cm³/mol. The van der Waals surface area contributed by atoms with E-state index in [0.29, 0.717) is 22.9 Å². The summed E-state index contributed by atoms with van der Waals surface area (Å²) in [6, 6.07) is 14.1. The van der Waals surface area contributed by atoms with Crippen LogP contribution in [0.1, 0.15) is 31.5 Å². The number of aromatic nitrogens is 4. The molecule has 1 fully saturated rings. The summed E-state index contributed by atoms with van der Waals surface area (Å²) in [7, 11) is 0. The summed E-state index contributed by atoms with van der Waals surface area (Å²) in [4.78, 5) is 22.6. The van der Waals surface area contributed by atoms with E-state index in [2.05, 4.69) is 10.3 Å². The fourth-order valence-corrected chi connectivity index (χ4v) is 4.33. The summed E-state index contributed by atoms with van der Waals surface area (Å²) in [5, 5.41) is 3.34. The van der Waals surface area contributed by atoms with E-state index >= 15 is 0 Å². The lowest BCUT2D eigenvalue weighted by molar-refractivity contribution is 0.152. The molecule has 8 heteroatoms. The molecule has 164 valence electrons. The lowest BCUT2D eigenvalue weighted by Gasteiger charge is -2.22. The molecule has 32 heavy (non-hydrogen) atoms. The van der Waals surface area contributed by atoms with Gasteiger partial charge in [0.1, 0.15) is 23.7 Å². The third-order valence-corrected chi connectivity index (χ3v) is 5.84. The zero-order valence-electron chi connectivity index (χ0n) is 17.8. The molecule has 0 bridgehead atoms. The molecule has 1 aliphatic rings. The van der Waals surface area contributed by atoms with Gasteiger partial charge < -0.3 is 10.1 Å². The molecule has 0 unspecified atom stereocenters. The Labute approximate surface area is 184 Å². The normalized spacial score (nSPS) is 14.7. The van der Waals surface area contributed by atoms with Crippen LogP contribution in [0.25, 0.3) is 28.1 Å². The van der Waals surface area contributed by atoms with Crippen molar-refractivity contribution in [1.29, 1.82) is 0 Å². The van der Waals surface area contributed by atoms with E-state index in [4.69, 9.17) is 9.72 Å². The van der Waals surface area contributed by atoms with Gasteiger partial charge in [0.2, 0.25) is 0 Å². The van der Waals surface area contributed by atoms with Crippen LogP contribution in [0.15, 0.2) is 54.9 Å². The molecular weight excluding hydrogens is 409 g/mol. The fraction of sp³-hybridized carbons (Fsp3) is 0.292. The first-order chi connectivity index (χ1) is 15.7. The lowest BCUT2D eigenvalue weighted by atomic mass is 9.97. The maximum Gasteiger partial charge on any atom is 0.421 e. The number of imidazole rings is 2. The summed E-state index contributed by atoms with van der Waals surface area (Å²) >= 11 is 0. The van der Waals surface area contributed by atoms with Crippen LogP contribution in [0.4, 0.5) is 9.18 Å². The Hall–Kier alpha value is -3.52. The van der Waals surface area contributed by atoms with Crippen LogP contribution >= 0.6 is 0 Å². The Morgan fingerprint density at radius 3 is 2.69 bits per heavy atom. The Bertz CT molecular complexity index is 1270. The van der Waals surface area contributed by atoms with E-state index in [9.17, 15) is 9.18 Å². The molecule has 5 rings (SSSR count). The number of fused-ring (bicyclic) bond motifs is 1. The van der Waals surface area contributed by atoms with Gasteiger partial charge in [0.15, 0.2) is 5.82 Å². The molecule has 0 amide bonds. The number of carbonyl (C=O) groups excluding carboxylic acids is 1. The Morgan fingerprint density at radius 2 is 1.91 bits per heavy atom. The van der Waals surface area contributed by atoms with Gasteiger partial charge in [-0.25, -0.2) is 23.7 Å². The van der Waals surface area contributed by atoms with E-state index in [1.54, 1.807) is 36.0 Å². The minimum atomic E-state index is -0.524. The third-order valence-electron chi connectivity index (χ3n) is 5.84. The highest BCUT2D eigenvalue weighted by molar-refractivity contribution is 5.84. The van der Waals surface area contributed by atoms with Crippen molar-refractivity contribution in [3.8, 4) is 17.1 Å². The standard InChI is InChI=1S/C24H24FN5O2/c1-2-32-24(31)30-22(16-11-13-26-14-12-16)28-21(17-7-3-4-8-18(17)25)23(30)29-15-27-19-9-5-6-10-20(19)29/h3-10,15-16,26H,2,11-14H2,1H3. The molecule has 2 aromatic heterocycles. The van der Waals surface area contributed by atoms with Crippen molar-refractivity contribution in [3.05, 3.63) is 66.5 Å². The highest BCUT2D eigenvalue weighted by Gasteiger charge is 2.31. The zero-order chi connectivity index (χ0) is 22.1. The van der Waals surface area contributed by atoms with Gasteiger partial charge in [0, 0.05) is 11.5 Å². The topological polar surface area (TPSA) is 74.0 Å². The van der Waals surface area contributed by atoms with Crippen molar-refractivity contribution >= 4 is 17.1 Å². The van der Waals surface area contributed by atoms with Crippen molar-refractivity contribution in [2.45, 2.75) is 25.7 Å². The number of piperidine rings is 1. The van der Waals surface area contributed by atoms with Crippen LogP contribution in [-0.2, 0) is 4.74 Å². The largest absolute Gasteiger partial charge is 0.449 e. The first kappa shape index (κ1) is 20.4. The van der Waals surface area contributed by atoms with Crippen LogP contribution in [0, 0.1) is 5.82 Å². The van der Waals surface area contributed by atoms with Gasteiger partial charge in [0.05, 0.1) is 17.6 Å². The van der Waals surface area contributed by atoms with Crippen LogP contribution in [0.2, 0.25) is 0 Å². The van der Waals surface area contributed by atoms with Crippen molar-refractivity contribution < 1.29 is 13.9 Å². The average Bonchev–Trinajstić information content (AvgIpc) is 3.42. The van der Waals surface area contributed by atoms with E-state index < -0.39 is 11.9 Å². The molecule has 0 spiro atoms. The first-order valence-electron chi connectivity index (χ1n) is 10.9. The quantitative estimate of drug-likeness (QED) is 0.513. The minimum absolute atomic E-state index is 0.0507. The SMILES string of the molecule is CCOC(=O)n1c(C2CCNCC2)nc(-c2ccccc2F)c1-n1cnc2ccccc21. The summed E-state index contributed by atoms with van der Waals surface area (Å²) < 4.78 is 23.7. The van der Waals surface area contributed by atoms with Crippen LogP contribution in [0.3, 0.4) is 0 Å². The number of halogens is 1. The summed E-state index contributed by atoms with van der Waals surface area (Å²) in [5.74, 6) is 0.685. The Kier molecular flexibility index (Phi) is 5.45. The second-order valence-corrected chi connectivity index (χ2v) is 7.78. The second kappa shape index (κ2) is 8.55. The van der Waals surface area contributed by atoms with Crippen LogP contribution in [0.5, 0.6) is 0 Å². The maximum absolute atomic E-state index is 14.9. The number of hydrogen-bond donors (Lipinski definition) is 1. The first-order valence-corrected chi connectivity index (χ1v) is 10.9. The van der Waals surface area contributed by atoms with Gasteiger partial charge >= 0.3 is 6.09 Å². The molecule has 0 saturated carbocycles. The summed E-state index contributed by atoms with van der Waals surface area (Å²) in [6.45, 7) is 3.66. The van der Waals surface area contributed by atoms with Crippen molar-refractivity contribution in [3.63, 3.8) is 0 Å². The van der Waals surface area contributed by atoms with E-state index in [1.165, 1.54) is 10.6 Å². The molecule has 1 N–H and O–H groups in total. The molecule has 7 nitrogen and oxygen atoms in total. The van der Waals surface area contributed by atoms with Gasteiger partial charge in [-0.2, -0.15) is 0 Å². The molecule has 0 atom stereocenters. The number of hydrogen-bond acceptors (Lipinski definition) is 5. The van der Waals surface area contributed by atoms with E-state index in [0.717, 1.165) is 37.0 Å². The number of nitrogens with zero attached hydrogens (tertiary/aromatic N) is 4. The average molecular weight is 433 g/mol. The van der Waals surface area contributed by atoms with Crippen molar-refractivity contribution in [1.82, 2.24) is 24.4 Å². The van der Waals surface area contributed by atoms with E-state index in [1.807, 2.05) is 24.3 Å². The smallest absolute Gasteiger partial charge is 0.421 e. The van der Waals surface area contributed by atoms with Crippen molar-refractivity contribution in [2.75, 3.05) is 19.7 Å². The molecule has 4 aromatic rings. The fourth-order valence-electron chi connectivity index (χ4n) is 4.33. The lowest BCUT2D eigenvalue weighted by Crippen LogP contribution is -2.29. The molecule has 0 radical (unpaired) electrons. The number of rotatable bonds is 4. The zero-order valence-corrected chi connectivity index (χ0v) is 17.8. The van der Waals surface area contributed by atoms with Crippen molar-refractivity contribution in [2.24, 2.45) is 0 Å². The van der Waals surface area contributed by atoms with Gasteiger partial charge in [-0.3, -0.25) is 4.57 Å². The minimum Gasteiger partial charge on any atom is -0.449 e. The molecule has 2 aromatic carbocycles. The van der Waals surface area contributed by atoms with Gasteiger partial charge in [-0.1, -0.05) is 24.3 Å². The Morgan fingerprint density at radius 1 is 1.16 bits per heavy atom. The molecule has 3 heterocycles. The number of nitrogens with one attached hydrogen (secondary N) is 1.